The van der Waals surface area contributed by atoms with Crippen LogP contribution in [-0.2, 0) is 4.79 Å². The summed E-state index contributed by atoms with van der Waals surface area (Å²) < 4.78 is 42.4. The van der Waals surface area contributed by atoms with Crippen molar-refractivity contribution in [2.75, 3.05) is 0 Å². The van der Waals surface area contributed by atoms with E-state index in [9.17, 15) is 18.0 Å². The zero-order valence-corrected chi connectivity index (χ0v) is 20.0. The predicted octanol–water partition coefficient (Wildman–Crippen LogP) is 8.28. The Kier molecular flexibility index (Phi) is 7.80. The van der Waals surface area contributed by atoms with Crippen LogP contribution >= 0.6 is 0 Å². The maximum Gasteiger partial charge on any atom is 0.391 e. The van der Waals surface area contributed by atoms with Crippen molar-refractivity contribution in [3.05, 3.63) is 23.0 Å². The maximum absolute atomic E-state index is 13.3. The van der Waals surface area contributed by atoms with Gasteiger partial charge in [0, 0.05) is 23.9 Å². The SMILES string of the molecule is Cc1c(C2CCCCC2)cc(C2CCC(C(F)(F)F)CC2)n1C1CCCC(CCC(=O)O)C1. The van der Waals surface area contributed by atoms with Crippen LogP contribution in [0.4, 0.5) is 13.2 Å². The monoisotopic (exact) mass is 467 g/mol. The lowest BCUT2D eigenvalue weighted by Crippen LogP contribution is -2.28. The van der Waals surface area contributed by atoms with Gasteiger partial charge in [0.25, 0.3) is 0 Å². The van der Waals surface area contributed by atoms with Gasteiger partial charge >= 0.3 is 12.1 Å². The minimum absolute atomic E-state index is 0.207. The first-order chi connectivity index (χ1) is 15.7. The second-order valence-corrected chi connectivity index (χ2v) is 11.0. The van der Waals surface area contributed by atoms with Crippen LogP contribution in [0.3, 0.4) is 0 Å². The number of rotatable bonds is 6. The van der Waals surface area contributed by atoms with E-state index >= 15 is 0 Å². The molecule has 186 valence electrons. The Morgan fingerprint density at radius 1 is 0.970 bits per heavy atom. The van der Waals surface area contributed by atoms with Crippen LogP contribution in [0.5, 0.6) is 0 Å². The number of carboxylic acids is 1. The second kappa shape index (κ2) is 10.4. The molecule has 4 rings (SSSR count). The van der Waals surface area contributed by atoms with Crippen LogP contribution in [0, 0.1) is 18.8 Å². The third-order valence-electron chi connectivity index (χ3n) is 8.90. The summed E-state index contributed by atoms with van der Waals surface area (Å²) in [6, 6.07) is 2.73. The summed E-state index contributed by atoms with van der Waals surface area (Å²) in [4.78, 5) is 11.1. The van der Waals surface area contributed by atoms with Gasteiger partial charge in [-0.2, -0.15) is 13.2 Å². The van der Waals surface area contributed by atoms with Crippen molar-refractivity contribution in [1.29, 1.82) is 0 Å². The Morgan fingerprint density at radius 2 is 1.67 bits per heavy atom. The number of nitrogens with zero attached hydrogens (tertiary/aromatic N) is 1. The van der Waals surface area contributed by atoms with Gasteiger partial charge in [0.2, 0.25) is 0 Å². The molecule has 0 amide bonds. The molecule has 1 heterocycles. The molecule has 3 aliphatic carbocycles. The number of aromatic nitrogens is 1. The first-order valence-corrected chi connectivity index (χ1v) is 13.2. The van der Waals surface area contributed by atoms with E-state index in [0.717, 1.165) is 32.1 Å². The van der Waals surface area contributed by atoms with Gasteiger partial charge in [-0.1, -0.05) is 32.1 Å². The van der Waals surface area contributed by atoms with E-state index in [1.165, 1.54) is 49.1 Å². The van der Waals surface area contributed by atoms with Crippen LogP contribution in [0.15, 0.2) is 6.07 Å². The fraction of sp³-hybridized carbons (Fsp3) is 0.815. The largest absolute Gasteiger partial charge is 0.481 e. The highest BCUT2D eigenvalue weighted by molar-refractivity contribution is 5.66. The average molecular weight is 468 g/mol. The molecule has 0 bridgehead atoms. The Bertz CT molecular complexity index is 801. The van der Waals surface area contributed by atoms with Gasteiger partial charge in [0.05, 0.1) is 5.92 Å². The second-order valence-electron chi connectivity index (χ2n) is 11.0. The van der Waals surface area contributed by atoms with E-state index in [1.54, 1.807) is 0 Å². The zero-order chi connectivity index (χ0) is 23.6. The van der Waals surface area contributed by atoms with Crippen molar-refractivity contribution in [2.24, 2.45) is 11.8 Å². The molecule has 0 radical (unpaired) electrons. The molecule has 0 spiro atoms. The molecule has 0 aliphatic heterocycles. The summed E-state index contributed by atoms with van der Waals surface area (Å²) in [5, 5.41) is 9.13. The predicted molar refractivity (Wildman–Crippen MR) is 124 cm³/mol. The highest BCUT2D eigenvalue weighted by Crippen LogP contribution is 2.47. The molecule has 0 aromatic carbocycles. The summed E-state index contributed by atoms with van der Waals surface area (Å²) in [6.07, 6.45) is 9.15. The summed E-state index contributed by atoms with van der Waals surface area (Å²) >= 11 is 0. The van der Waals surface area contributed by atoms with Gasteiger partial charge in [-0.25, -0.2) is 0 Å². The van der Waals surface area contributed by atoms with Gasteiger partial charge in [-0.15, -0.1) is 0 Å². The number of alkyl halides is 3. The molecule has 2 unspecified atom stereocenters. The van der Waals surface area contributed by atoms with E-state index in [1.807, 2.05) is 0 Å². The summed E-state index contributed by atoms with van der Waals surface area (Å²) in [7, 11) is 0. The van der Waals surface area contributed by atoms with E-state index in [-0.39, 0.29) is 25.2 Å². The molecular formula is C27H40F3NO2. The van der Waals surface area contributed by atoms with Crippen molar-refractivity contribution in [2.45, 2.75) is 127 Å². The first kappa shape index (κ1) is 24.7. The molecular weight excluding hydrogens is 427 g/mol. The zero-order valence-electron chi connectivity index (χ0n) is 20.0. The molecule has 3 fully saturated rings. The van der Waals surface area contributed by atoms with E-state index in [2.05, 4.69) is 17.6 Å². The van der Waals surface area contributed by atoms with Crippen LogP contribution < -0.4 is 0 Å². The van der Waals surface area contributed by atoms with Crippen LogP contribution in [0.2, 0.25) is 0 Å². The van der Waals surface area contributed by atoms with Crippen molar-refractivity contribution in [1.82, 2.24) is 4.57 Å². The van der Waals surface area contributed by atoms with Gasteiger partial charge in [0.1, 0.15) is 0 Å². The highest BCUT2D eigenvalue weighted by Gasteiger charge is 2.42. The molecule has 2 atom stereocenters. The third kappa shape index (κ3) is 5.79. The number of carbonyl (C=O) groups is 1. The minimum Gasteiger partial charge on any atom is -0.481 e. The fourth-order valence-corrected chi connectivity index (χ4v) is 7.10. The average Bonchev–Trinajstić information content (AvgIpc) is 3.15. The van der Waals surface area contributed by atoms with Gasteiger partial charge in [0.15, 0.2) is 0 Å². The van der Waals surface area contributed by atoms with Crippen molar-refractivity contribution in [3.63, 3.8) is 0 Å². The van der Waals surface area contributed by atoms with Crippen molar-refractivity contribution >= 4 is 5.97 Å². The highest BCUT2D eigenvalue weighted by atomic mass is 19.4. The molecule has 33 heavy (non-hydrogen) atoms. The lowest BCUT2D eigenvalue weighted by molar-refractivity contribution is -0.182. The summed E-state index contributed by atoms with van der Waals surface area (Å²) in [5.74, 6) is -0.661. The van der Waals surface area contributed by atoms with E-state index in [0.29, 0.717) is 30.7 Å². The quantitative estimate of drug-likeness (QED) is 0.457. The summed E-state index contributed by atoms with van der Waals surface area (Å²) in [6.45, 7) is 2.23. The molecule has 6 heteroatoms. The topological polar surface area (TPSA) is 42.2 Å². The molecule has 3 nitrogen and oxygen atoms in total. The van der Waals surface area contributed by atoms with Crippen molar-refractivity contribution < 1.29 is 23.1 Å². The van der Waals surface area contributed by atoms with Crippen LogP contribution in [-0.4, -0.2) is 21.8 Å². The van der Waals surface area contributed by atoms with Crippen LogP contribution in [0.25, 0.3) is 0 Å². The number of aliphatic carboxylic acids is 1. The van der Waals surface area contributed by atoms with E-state index in [4.69, 9.17) is 5.11 Å². The summed E-state index contributed by atoms with van der Waals surface area (Å²) in [5.41, 5.74) is 4.05. The first-order valence-electron chi connectivity index (χ1n) is 13.2. The normalized spacial score (nSPS) is 29.8. The maximum atomic E-state index is 13.3. The Labute approximate surface area is 196 Å². The number of hydrogen-bond donors (Lipinski definition) is 1. The molecule has 3 aliphatic rings. The smallest absolute Gasteiger partial charge is 0.391 e. The van der Waals surface area contributed by atoms with Gasteiger partial charge in [-0.05, 0) is 94.1 Å². The minimum atomic E-state index is -4.07. The molecule has 0 saturated heterocycles. The lowest BCUT2D eigenvalue weighted by Gasteiger charge is -2.35. The molecule has 3 saturated carbocycles. The number of carboxylic acid groups (broad SMARTS) is 1. The lowest BCUT2D eigenvalue weighted by atomic mass is 9.79. The van der Waals surface area contributed by atoms with Gasteiger partial charge < -0.3 is 9.67 Å². The van der Waals surface area contributed by atoms with Crippen molar-refractivity contribution in [3.8, 4) is 0 Å². The Hall–Kier alpha value is -1.46. The third-order valence-corrected chi connectivity index (χ3v) is 8.90. The van der Waals surface area contributed by atoms with Gasteiger partial charge in [-0.3, -0.25) is 4.79 Å². The molecule has 1 aromatic rings. The van der Waals surface area contributed by atoms with Crippen LogP contribution in [0.1, 0.15) is 131 Å². The number of hydrogen-bond acceptors (Lipinski definition) is 1. The fourth-order valence-electron chi connectivity index (χ4n) is 7.10. The number of halogens is 3. The Balaban J connectivity index is 1.59. The van der Waals surface area contributed by atoms with E-state index < -0.39 is 18.1 Å². The molecule has 1 aromatic heterocycles. The standard InChI is InChI=1S/C27H40F3NO2/c1-18-24(20-7-3-2-4-8-20)17-25(21-11-13-22(14-12-21)27(28,29)30)31(18)23-9-5-6-19(16-23)10-15-26(32)33/h17,19-23H,2-16H2,1H3,(H,32,33). The molecule has 1 N–H and O–H groups in total. The Morgan fingerprint density at radius 3 is 2.30 bits per heavy atom.